The highest BCUT2D eigenvalue weighted by molar-refractivity contribution is 5.77. The molecule has 0 saturated carbocycles. The molecule has 0 amide bonds. The third-order valence-electron chi connectivity index (χ3n) is 5.92. The van der Waals surface area contributed by atoms with Gasteiger partial charge >= 0.3 is 17.9 Å². The summed E-state index contributed by atoms with van der Waals surface area (Å²) in [5.74, 6) is -0.305. The van der Waals surface area contributed by atoms with Gasteiger partial charge in [0.25, 0.3) is 0 Å². The topological polar surface area (TPSA) is 97.4 Å². The van der Waals surface area contributed by atoms with Crippen molar-refractivity contribution in [3.05, 3.63) is 47.0 Å². The van der Waals surface area contributed by atoms with Gasteiger partial charge in [0.2, 0.25) is 0 Å². The summed E-state index contributed by atoms with van der Waals surface area (Å²) in [5, 5.41) is 0. The second-order valence-electron chi connectivity index (χ2n) is 7.88. The van der Waals surface area contributed by atoms with Crippen molar-refractivity contribution in [1.29, 1.82) is 0 Å². The van der Waals surface area contributed by atoms with Crippen LogP contribution in [-0.4, -0.2) is 38.7 Å². The van der Waals surface area contributed by atoms with E-state index in [1.54, 1.807) is 18.2 Å². The zero-order valence-corrected chi connectivity index (χ0v) is 18.3. The van der Waals surface area contributed by atoms with Gasteiger partial charge in [0, 0.05) is 25.7 Å². The largest absolute Gasteiger partial charge is 0.493 e. The molecule has 8 heteroatoms. The SMILES string of the molecule is COc1cc([C@@H]2c3cc(OC(C)=O)c(OC)cc3C[C@@H]3C(=O)OC[C@H]23)ccc1OC(C)=O. The maximum atomic E-state index is 12.5. The molecule has 1 aliphatic carbocycles. The molecule has 1 saturated heterocycles. The van der Waals surface area contributed by atoms with Crippen LogP contribution in [0.5, 0.6) is 23.0 Å². The molecule has 2 aliphatic rings. The molecule has 0 unspecified atom stereocenters. The first-order valence-corrected chi connectivity index (χ1v) is 10.2. The number of hydrogen-bond donors (Lipinski definition) is 0. The van der Waals surface area contributed by atoms with Crippen LogP contribution in [0.4, 0.5) is 0 Å². The van der Waals surface area contributed by atoms with Gasteiger partial charge in [0.1, 0.15) is 0 Å². The van der Waals surface area contributed by atoms with E-state index in [0.29, 0.717) is 29.4 Å². The molecule has 2 aromatic rings. The number of fused-ring (bicyclic) bond motifs is 2. The Morgan fingerprint density at radius 1 is 0.906 bits per heavy atom. The van der Waals surface area contributed by atoms with Crippen molar-refractivity contribution in [2.75, 3.05) is 20.8 Å². The fraction of sp³-hybridized carbons (Fsp3) is 0.375. The van der Waals surface area contributed by atoms with Gasteiger partial charge in [-0.3, -0.25) is 14.4 Å². The van der Waals surface area contributed by atoms with Crippen molar-refractivity contribution in [1.82, 2.24) is 0 Å². The molecule has 4 rings (SSSR count). The first kappa shape index (κ1) is 21.7. The quantitative estimate of drug-likeness (QED) is 0.517. The lowest BCUT2D eigenvalue weighted by Gasteiger charge is -2.34. The van der Waals surface area contributed by atoms with Crippen molar-refractivity contribution in [2.45, 2.75) is 26.2 Å². The van der Waals surface area contributed by atoms with E-state index in [-0.39, 0.29) is 30.3 Å². The normalized spacial score (nSPS) is 21.1. The summed E-state index contributed by atoms with van der Waals surface area (Å²) < 4.78 is 26.9. The number of benzene rings is 2. The molecule has 1 aliphatic heterocycles. The number of carbonyl (C=O) groups is 3. The van der Waals surface area contributed by atoms with Crippen LogP contribution in [0.3, 0.4) is 0 Å². The van der Waals surface area contributed by atoms with Gasteiger partial charge in [0.15, 0.2) is 23.0 Å². The van der Waals surface area contributed by atoms with Crippen LogP contribution in [-0.2, 0) is 25.5 Å². The van der Waals surface area contributed by atoms with E-state index in [2.05, 4.69) is 0 Å². The van der Waals surface area contributed by atoms with Crippen LogP contribution in [0.15, 0.2) is 30.3 Å². The zero-order valence-electron chi connectivity index (χ0n) is 18.3. The van der Waals surface area contributed by atoms with Crippen molar-refractivity contribution in [3.8, 4) is 23.0 Å². The molecule has 0 N–H and O–H groups in total. The Morgan fingerprint density at radius 3 is 2.22 bits per heavy atom. The average molecular weight is 440 g/mol. The van der Waals surface area contributed by atoms with E-state index in [0.717, 1.165) is 16.7 Å². The average Bonchev–Trinajstić information content (AvgIpc) is 3.11. The number of methoxy groups -OCH3 is 2. The van der Waals surface area contributed by atoms with Gasteiger partial charge in [-0.2, -0.15) is 0 Å². The van der Waals surface area contributed by atoms with Crippen LogP contribution in [0.25, 0.3) is 0 Å². The number of cyclic esters (lactones) is 1. The molecule has 0 bridgehead atoms. The number of hydrogen-bond acceptors (Lipinski definition) is 8. The standard InChI is InChI=1S/C24H24O8/c1-12(25)31-19-6-5-14(8-20(19)28-3)23-16-10-22(32-13(2)26)21(29-4)9-15(16)7-17-18(23)11-30-24(17)27/h5-6,8-10,17-18,23H,7,11H2,1-4H3/t17-,18-,23+/m0/s1. The Bertz CT molecular complexity index is 1090. The van der Waals surface area contributed by atoms with Crippen LogP contribution in [0, 0.1) is 11.8 Å². The zero-order chi connectivity index (χ0) is 23.0. The fourth-order valence-corrected chi connectivity index (χ4v) is 4.63. The summed E-state index contributed by atoms with van der Waals surface area (Å²) in [5.41, 5.74) is 2.71. The summed E-state index contributed by atoms with van der Waals surface area (Å²) in [7, 11) is 3.00. The summed E-state index contributed by atoms with van der Waals surface area (Å²) in [6, 6.07) is 8.93. The van der Waals surface area contributed by atoms with E-state index in [1.165, 1.54) is 28.1 Å². The van der Waals surface area contributed by atoms with Crippen LogP contribution < -0.4 is 18.9 Å². The summed E-state index contributed by atoms with van der Waals surface area (Å²) >= 11 is 0. The molecule has 168 valence electrons. The highest BCUT2D eigenvalue weighted by Crippen LogP contribution is 2.50. The van der Waals surface area contributed by atoms with E-state index in [1.807, 2.05) is 12.1 Å². The fourth-order valence-electron chi connectivity index (χ4n) is 4.63. The monoisotopic (exact) mass is 440 g/mol. The van der Waals surface area contributed by atoms with Gasteiger partial charge in [-0.15, -0.1) is 0 Å². The molecule has 1 fully saturated rings. The lowest BCUT2D eigenvalue weighted by atomic mass is 9.67. The van der Waals surface area contributed by atoms with E-state index in [9.17, 15) is 14.4 Å². The summed E-state index contributed by atoms with van der Waals surface area (Å²) in [6.07, 6.45) is 0.509. The number of rotatable bonds is 5. The van der Waals surface area contributed by atoms with Crippen LogP contribution in [0.2, 0.25) is 0 Å². The molecular weight excluding hydrogens is 416 g/mol. The van der Waals surface area contributed by atoms with Gasteiger partial charge < -0.3 is 23.7 Å². The minimum atomic E-state index is -0.458. The minimum Gasteiger partial charge on any atom is -0.493 e. The molecule has 2 aromatic carbocycles. The molecular formula is C24H24O8. The molecule has 0 radical (unpaired) electrons. The Balaban J connectivity index is 1.86. The minimum absolute atomic E-state index is 0.0992. The summed E-state index contributed by atoms with van der Waals surface area (Å²) in [6.45, 7) is 2.94. The van der Waals surface area contributed by atoms with E-state index < -0.39 is 11.9 Å². The predicted molar refractivity (Wildman–Crippen MR) is 112 cm³/mol. The smallest absolute Gasteiger partial charge is 0.309 e. The van der Waals surface area contributed by atoms with Gasteiger partial charge in [-0.05, 0) is 47.4 Å². The lowest BCUT2D eigenvalue weighted by molar-refractivity contribution is -0.141. The number of carbonyl (C=O) groups excluding carboxylic acids is 3. The van der Waals surface area contributed by atoms with Crippen molar-refractivity contribution >= 4 is 17.9 Å². The number of esters is 3. The van der Waals surface area contributed by atoms with Crippen molar-refractivity contribution < 1.29 is 38.1 Å². The first-order chi connectivity index (χ1) is 15.3. The second-order valence-corrected chi connectivity index (χ2v) is 7.88. The van der Waals surface area contributed by atoms with Gasteiger partial charge in [0.05, 0.1) is 26.7 Å². The molecule has 0 spiro atoms. The maximum Gasteiger partial charge on any atom is 0.309 e. The summed E-state index contributed by atoms with van der Waals surface area (Å²) in [4.78, 5) is 35.5. The Kier molecular flexibility index (Phi) is 5.78. The third kappa shape index (κ3) is 3.88. The Hall–Kier alpha value is -3.55. The van der Waals surface area contributed by atoms with Crippen LogP contribution in [0.1, 0.15) is 36.5 Å². The predicted octanol–water partition coefficient (Wildman–Crippen LogP) is 3.03. The van der Waals surface area contributed by atoms with Crippen LogP contribution >= 0.6 is 0 Å². The van der Waals surface area contributed by atoms with Gasteiger partial charge in [-0.1, -0.05) is 6.07 Å². The first-order valence-electron chi connectivity index (χ1n) is 10.2. The van der Waals surface area contributed by atoms with E-state index in [4.69, 9.17) is 23.7 Å². The maximum absolute atomic E-state index is 12.5. The second kappa shape index (κ2) is 8.53. The Labute approximate surface area is 185 Å². The molecule has 32 heavy (non-hydrogen) atoms. The Morgan fingerprint density at radius 2 is 1.56 bits per heavy atom. The number of ether oxygens (including phenoxy) is 5. The third-order valence-corrected chi connectivity index (χ3v) is 5.92. The molecule has 3 atom stereocenters. The lowest BCUT2D eigenvalue weighted by Crippen LogP contribution is -2.31. The molecule has 0 aromatic heterocycles. The van der Waals surface area contributed by atoms with E-state index >= 15 is 0 Å². The molecule has 8 nitrogen and oxygen atoms in total. The highest BCUT2D eigenvalue weighted by Gasteiger charge is 2.47. The van der Waals surface area contributed by atoms with Crippen molar-refractivity contribution in [3.63, 3.8) is 0 Å². The highest BCUT2D eigenvalue weighted by atomic mass is 16.6. The van der Waals surface area contributed by atoms with Gasteiger partial charge in [-0.25, -0.2) is 0 Å². The molecule has 1 heterocycles. The van der Waals surface area contributed by atoms with Crippen molar-refractivity contribution in [2.24, 2.45) is 11.8 Å².